The monoisotopic (exact) mass is 651 g/mol. The van der Waals surface area contributed by atoms with Crippen LogP contribution in [0.15, 0.2) is 59.1 Å². The number of nitrogens with zero attached hydrogens (tertiary/aromatic N) is 5. The zero-order chi connectivity index (χ0) is 32.1. The highest BCUT2D eigenvalue weighted by molar-refractivity contribution is 6.42. The van der Waals surface area contributed by atoms with Crippen LogP contribution < -0.4 is 20.1 Å². The normalized spacial score (nSPS) is 14.7. The van der Waals surface area contributed by atoms with Gasteiger partial charge in [0.05, 0.1) is 28.9 Å². The van der Waals surface area contributed by atoms with Crippen LogP contribution in [0.2, 0.25) is 10.0 Å². The number of hydrazone groups is 1. The van der Waals surface area contributed by atoms with Gasteiger partial charge in [-0.1, -0.05) is 41.9 Å². The third-order valence-electron chi connectivity index (χ3n) is 6.12. The molecule has 1 heterocycles. The number of carbonyl (C=O) groups is 1. The van der Waals surface area contributed by atoms with Crippen LogP contribution in [0.4, 0.5) is 19.3 Å². The van der Waals surface area contributed by atoms with Gasteiger partial charge >= 0.3 is 12.7 Å². The van der Waals surface area contributed by atoms with E-state index in [1.165, 1.54) is 29.3 Å². The van der Waals surface area contributed by atoms with Crippen LogP contribution in [0.5, 0.6) is 11.5 Å². The molecule has 0 radical (unpaired) electrons. The van der Waals surface area contributed by atoms with Gasteiger partial charge in [-0.15, -0.1) is 0 Å². The molecule has 0 fully saturated rings. The van der Waals surface area contributed by atoms with Gasteiger partial charge in [0.2, 0.25) is 5.96 Å². The van der Waals surface area contributed by atoms with E-state index in [0.29, 0.717) is 46.5 Å². The first kappa shape index (κ1) is 34.4. The largest absolute Gasteiger partial charge is 0.491 e. The Bertz CT molecular complexity index is 1400. The zero-order valence-corrected chi connectivity index (χ0v) is 25.7. The molecule has 236 valence electrons. The highest BCUT2D eigenvalue weighted by Crippen LogP contribution is 2.34. The van der Waals surface area contributed by atoms with Crippen molar-refractivity contribution < 1.29 is 27.8 Å². The van der Waals surface area contributed by atoms with Gasteiger partial charge in [0, 0.05) is 25.1 Å². The van der Waals surface area contributed by atoms with Crippen molar-refractivity contribution in [1.82, 2.24) is 20.5 Å². The van der Waals surface area contributed by atoms with Gasteiger partial charge < -0.3 is 24.4 Å². The lowest BCUT2D eigenvalue weighted by Gasteiger charge is -2.18. The number of aliphatic imine (C=N–C) groups is 1. The molecule has 15 heteroatoms. The van der Waals surface area contributed by atoms with E-state index in [9.17, 15) is 18.8 Å². The summed E-state index contributed by atoms with van der Waals surface area (Å²) in [7, 11) is 3.87. The highest BCUT2D eigenvalue weighted by atomic mass is 35.5. The molecule has 1 atom stereocenters. The predicted molar refractivity (Wildman–Crippen MR) is 165 cm³/mol. The van der Waals surface area contributed by atoms with E-state index in [1.54, 1.807) is 18.2 Å². The maximum absolute atomic E-state index is 13.0. The number of rotatable bonds is 14. The van der Waals surface area contributed by atoms with Crippen molar-refractivity contribution >= 4 is 46.7 Å². The fraction of sp³-hybridized carbons (Fsp3) is 0.379. The number of hydrogen-bond acceptors (Lipinski definition) is 8. The van der Waals surface area contributed by atoms with Gasteiger partial charge in [-0.25, -0.2) is 14.8 Å². The lowest BCUT2D eigenvalue weighted by Crippen LogP contribution is -2.36. The van der Waals surface area contributed by atoms with Crippen LogP contribution in [0.25, 0.3) is 0 Å². The Labute approximate surface area is 264 Å². The van der Waals surface area contributed by atoms with Crippen molar-refractivity contribution in [3.8, 4) is 17.7 Å². The molecule has 1 unspecified atom stereocenters. The van der Waals surface area contributed by atoms with Crippen molar-refractivity contribution in [2.45, 2.75) is 19.5 Å². The molecule has 1 amide bonds. The van der Waals surface area contributed by atoms with Gasteiger partial charge in [0.15, 0.2) is 6.19 Å². The van der Waals surface area contributed by atoms with Crippen molar-refractivity contribution in [2.24, 2.45) is 16.0 Å². The Balaban J connectivity index is 1.95. The second kappa shape index (κ2) is 17.2. The molecule has 3 rings (SSSR count). The Morgan fingerprint density at radius 3 is 2.77 bits per heavy atom. The number of alkyl carbamates (subject to hydrolysis) is 1. The molecule has 1 aliphatic heterocycles. The molecule has 2 N–H and O–H groups in total. The average Bonchev–Trinajstić information content (AvgIpc) is 3.40. The molecule has 2 aromatic carbocycles. The summed E-state index contributed by atoms with van der Waals surface area (Å²) in [6.07, 6.45) is 3.86. The standard InChI is InChI=1S/C29H33Cl2F2N7O4/c1-4-13-43-29(41)35-11-10-20-17-40(38-26(20)19-6-8-22(30)23(31)15-19)28(36-18-34)37-24-16-21(44-27(32)33)7-9-25(24)42-14-5-12-39(2)3/h4,6-9,15-16,20,27H,1,5,10-14,17H2,2-3H3,(H,35,41)(H,36,37). The quantitative estimate of drug-likeness (QED) is 0.0674. The van der Waals surface area contributed by atoms with Gasteiger partial charge in [0.25, 0.3) is 0 Å². The van der Waals surface area contributed by atoms with Crippen molar-refractivity contribution in [3.05, 3.63) is 64.7 Å². The lowest BCUT2D eigenvalue weighted by atomic mass is 9.94. The van der Waals surface area contributed by atoms with Gasteiger partial charge in [0.1, 0.15) is 23.8 Å². The second-order valence-electron chi connectivity index (χ2n) is 9.68. The van der Waals surface area contributed by atoms with E-state index in [0.717, 1.165) is 6.54 Å². The maximum Gasteiger partial charge on any atom is 0.407 e. The number of hydrogen-bond donors (Lipinski definition) is 2. The number of amides is 1. The van der Waals surface area contributed by atoms with Crippen LogP contribution in [-0.4, -0.2) is 81.2 Å². The fourth-order valence-electron chi connectivity index (χ4n) is 4.15. The van der Waals surface area contributed by atoms with Crippen LogP contribution in [0, 0.1) is 17.4 Å². The summed E-state index contributed by atoms with van der Waals surface area (Å²) in [5, 5.41) is 21.6. The summed E-state index contributed by atoms with van der Waals surface area (Å²) in [5.41, 5.74) is 1.43. The van der Waals surface area contributed by atoms with E-state index in [2.05, 4.69) is 26.9 Å². The minimum atomic E-state index is -3.05. The number of guanidine groups is 1. The summed E-state index contributed by atoms with van der Waals surface area (Å²) in [4.78, 5) is 18.5. The first-order valence-corrected chi connectivity index (χ1v) is 14.3. The maximum atomic E-state index is 13.0. The van der Waals surface area contributed by atoms with Crippen molar-refractivity contribution in [3.63, 3.8) is 0 Å². The Morgan fingerprint density at radius 1 is 1.30 bits per heavy atom. The number of nitrogens with one attached hydrogen (secondary N) is 2. The van der Waals surface area contributed by atoms with Gasteiger partial charge in [-0.05, 0) is 56.8 Å². The molecule has 0 bridgehead atoms. The van der Waals surface area contributed by atoms with E-state index in [4.69, 9.17) is 37.8 Å². The molecule has 0 saturated carbocycles. The molecule has 1 aliphatic rings. The van der Waals surface area contributed by atoms with Crippen LogP contribution in [0.1, 0.15) is 18.4 Å². The summed E-state index contributed by atoms with van der Waals surface area (Å²) in [6, 6.07) is 9.19. The third-order valence-corrected chi connectivity index (χ3v) is 6.86. The van der Waals surface area contributed by atoms with E-state index >= 15 is 0 Å². The van der Waals surface area contributed by atoms with Crippen LogP contribution >= 0.6 is 23.2 Å². The molecule has 0 aromatic heterocycles. The summed E-state index contributed by atoms with van der Waals surface area (Å²) in [5.74, 6) is -0.0789. The van der Waals surface area contributed by atoms with Crippen molar-refractivity contribution in [2.75, 3.05) is 46.9 Å². The van der Waals surface area contributed by atoms with Gasteiger partial charge in [-0.3, -0.25) is 5.32 Å². The first-order chi connectivity index (χ1) is 21.1. The summed E-state index contributed by atoms with van der Waals surface area (Å²) >= 11 is 12.4. The molecule has 0 aliphatic carbocycles. The Morgan fingerprint density at radius 2 is 2.09 bits per heavy atom. The zero-order valence-electron chi connectivity index (χ0n) is 24.2. The van der Waals surface area contributed by atoms with Crippen LogP contribution in [-0.2, 0) is 4.74 Å². The van der Waals surface area contributed by atoms with Crippen LogP contribution in [0.3, 0.4) is 0 Å². The highest BCUT2D eigenvalue weighted by Gasteiger charge is 2.31. The number of nitriles is 1. The van der Waals surface area contributed by atoms with E-state index in [1.807, 2.05) is 25.2 Å². The smallest absolute Gasteiger partial charge is 0.407 e. The molecular weight excluding hydrogens is 619 g/mol. The van der Waals surface area contributed by atoms with Gasteiger partial charge in [-0.2, -0.15) is 19.1 Å². The van der Waals surface area contributed by atoms with Crippen molar-refractivity contribution in [1.29, 1.82) is 5.26 Å². The average molecular weight is 653 g/mol. The molecular formula is C29H33Cl2F2N7O4. The molecule has 0 saturated heterocycles. The lowest BCUT2D eigenvalue weighted by molar-refractivity contribution is -0.0498. The minimum Gasteiger partial charge on any atom is -0.491 e. The molecule has 11 nitrogen and oxygen atoms in total. The summed E-state index contributed by atoms with van der Waals surface area (Å²) < 4.78 is 41.4. The number of alkyl halides is 2. The SMILES string of the molecule is C=CCOC(=O)NCCC1CN(C(=Nc2cc(OC(F)F)ccc2OCCCN(C)C)NC#N)N=C1c1ccc(Cl)c(Cl)c1. The molecule has 44 heavy (non-hydrogen) atoms. The topological polar surface area (TPSA) is 124 Å². The number of benzene rings is 2. The Hall–Kier alpha value is -4.12. The third kappa shape index (κ3) is 10.6. The number of carbonyl (C=O) groups excluding carboxylic acids is 1. The molecule has 0 spiro atoms. The Kier molecular flexibility index (Phi) is 13.5. The second-order valence-corrected chi connectivity index (χ2v) is 10.5. The predicted octanol–water partition coefficient (Wildman–Crippen LogP) is 5.62. The minimum absolute atomic E-state index is 0.0123. The summed E-state index contributed by atoms with van der Waals surface area (Å²) in [6.45, 7) is 2.15. The number of ether oxygens (including phenoxy) is 3. The number of halogens is 4. The molecule has 2 aromatic rings. The van der Waals surface area contributed by atoms with E-state index in [-0.39, 0.29) is 43.0 Å². The fourth-order valence-corrected chi connectivity index (χ4v) is 4.45. The first-order valence-electron chi connectivity index (χ1n) is 13.5. The van der Waals surface area contributed by atoms with E-state index < -0.39 is 12.7 Å².